The molecule has 0 fully saturated rings. The number of ether oxygens (including phenoxy) is 2. The molecule has 0 N–H and O–H groups in total. The zero-order chi connectivity index (χ0) is 9.40. The molecule has 0 aliphatic heterocycles. The second kappa shape index (κ2) is 7.22. The molecule has 0 bridgehead atoms. The summed E-state index contributed by atoms with van der Waals surface area (Å²) in [6.45, 7) is 4.01. The highest BCUT2D eigenvalue weighted by molar-refractivity contribution is 6.17. The van der Waals surface area contributed by atoms with Crippen molar-refractivity contribution in [3.8, 4) is 0 Å². The molecule has 0 saturated carbocycles. The Morgan fingerprint density at radius 3 is 2.58 bits per heavy atom. The van der Waals surface area contributed by atoms with Crippen molar-refractivity contribution in [1.82, 2.24) is 0 Å². The SMILES string of the molecule is CCCC(CC)OC(=O)OCCl. The highest BCUT2D eigenvalue weighted by Gasteiger charge is 2.11. The predicted molar refractivity (Wildman–Crippen MR) is 47.3 cm³/mol. The molecule has 0 aromatic rings. The Morgan fingerprint density at radius 2 is 2.17 bits per heavy atom. The van der Waals surface area contributed by atoms with E-state index in [0.29, 0.717) is 0 Å². The Hall–Kier alpha value is -0.440. The highest BCUT2D eigenvalue weighted by Crippen LogP contribution is 2.07. The molecular weight excluding hydrogens is 180 g/mol. The van der Waals surface area contributed by atoms with E-state index in [1.807, 2.05) is 13.8 Å². The van der Waals surface area contributed by atoms with Gasteiger partial charge in [-0.05, 0) is 12.8 Å². The van der Waals surface area contributed by atoms with Crippen molar-refractivity contribution in [2.75, 3.05) is 6.07 Å². The van der Waals surface area contributed by atoms with Crippen molar-refractivity contribution >= 4 is 17.8 Å². The fraction of sp³-hybridized carbons (Fsp3) is 0.875. The van der Waals surface area contributed by atoms with Crippen LogP contribution in [0.25, 0.3) is 0 Å². The van der Waals surface area contributed by atoms with E-state index >= 15 is 0 Å². The maximum atomic E-state index is 10.8. The summed E-state index contributed by atoms with van der Waals surface area (Å²) in [4.78, 5) is 10.8. The van der Waals surface area contributed by atoms with Gasteiger partial charge in [0.2, 0.25) is 0 Å². The van der Waals surface area contributed by atoms with Gasteiger partial charge in [-0.2, -0.15) is 0 Å². The van der Waals surface area contributed by atoms with Crippen LogP contribution in [0.4, 0.5) is 4.79 Å². The number of hydrogen-bond acceptors (Lipinski definition) is 3. The van der Waals surface area contributed by atoms with E-state index < -0.39 is 6.16 Å². The van der Waals surface area contributed by atoms with E-state index in [1.165, 1.54) is 0 Å². The second-order valence-electron chi connectivity index (χ2n) is 2.44. The van der Waals surface area contributed by atoms with E-state index in [1.54, 1.807) is 0 Å². The van der Waals surface area contributed by atoms with E-state index in [2.05, 4.69) is 4.74 Å². The third-order valence-corrected chi connectivity index (χ3v) is 1.61. The second-order valence-corrected chi connectivity index (χ2v) is 2.66. The molecule has 72 valence electrons. The average molecular weight is 195 g/mol. The van der Waals surface area contributed by atoms with E-state index in [-0.39, 0.29) is 12.2 Å². The first-order valence-electron chi connectivity index (χ1n) is 4.13. The van der Waals surface area contributed by atoms with Crippen LogP contribution in [-0.4, -0.2) is 18.3 Å². The lowest BCUT2D eigenvalue weighted by Crippen LogP contribution is -2.17. The Bertz CT molecular complexity index is 127. The minimum absolute atomic E-state index is 0.0364. The molecule has 12 heavy (non-hydrogen) atoms. The zero-order valence-corrected chi connectivity index (χ0v) is 8.26. The van der Waals surface area contributed by atoms with Crippen LogP contribution in [0.1, 0.15) is 33.1 Å². The molecule has 1 atom stereocenters. The highest BCUT2D eigenvalue weighted by atomic mass is 35.5. The molecule has 0 radical (unpaired) electrons. The Morgan fingerprint density at radius 1 is 1.50 bits per heavy atom. The van der Waals surface area contributed by atoms with Crippen LogP contribution in [0, 0.1) is 0 Å². The number of alkyl halides is 1. The van der Waals surface area contributed by atoms with Gasteiger partial charge >= 0.3 is 6.16 Å². The normalized spacial score (nSPS) is 12.2. The largest absolute Gasteiger partial charge is 0.509 e. The zero-order valence-electron chi connectivity index (χ0n) is 7.51. The molecule has 0 aliphatic rings. The van der Waals surface area contributed by atoms with Crippen LogP contribution in [-0.2, 0) is 9.47 Å². The summed E-state index contributed by atoms with van der Waals surface area (Å²) in [5, 5.41) is 0. The summed E-state index contributed by atoms with van der Waals surface area (Å²) in [6, 6.07) is -0.151. The molecule has 0 heterocycles. The maximum Gasteiger partial charge on any atom is 0.509 e. The lowest BCUT2D eigenvalue weighted by Gasteiger charge is -2.13. The molecule has 3 nitrogen and oxygen atoms in total. The third-order valence-electron chi connectivity index (χ3n) is 1.50. The first-order valence-corrected chi connectivity index (χ1v) is 4.67. The summed E-state index contributed by atoms with van der Waals surface area (Å²) in [6.07, 6.45) is 1.96. The van der Waals surface area contributed by atoms with Crippen molar-refractivity contribution < 1.29 is 14.3 Å². The van der Waals surface area contributed by atoms with Gasteiger partial charge in [-0.25, -0.2) is 4.79 Å². The molecule has 0 aliphatic carbocycles. The lowest BCUT2D eigenvalue weighted by molar-refractivity contribution is 0.0285. The van der Waals surface area contributed by atoms with Gasteiger partial charge in [0.05, 0.1) is 0 Å². The third kappa shape index (κ3) is 5.24. The Labute approximate surface area is 78.0 Å². The van der Waals surface area contributed by atoms with Crippen molar-refractivity contribution in [1.29, 1.82) is 0 Å². The smallest absolute Gasteiger partial charge is 0.431 e. The average Bonchev–Trinajstić information content (AvgIpc) is 2.04. The molecule has 0 spiro atoms. The molecule has 0 rings (SSSR count). The van der Waals surface area contributed by atoms with Crippen LogP contribution in [0.2, 0.25) is 0 Å². The summed E-state index contributed by atoms with van der Waals surface area (Å²) < 4.78 is 9.36. The molecular formula is C8H15ClO3. The van der Waals surface area contributed by atoms with Gasteiger partial charge < -0.3 is 9.47 Å². The van der Waals surface area contributed by atoms with Gasteiger partial charge in [-0.15, -0.1) is 0 Å². The van der Waals surface area contributed by atoms with Crippen LogP contribution in [0.5, 0.6) is 0 Å². The van der Waals surface area contributed by atoms with Crippen LogP contribution in [0.15, 0.2) is 0 Å². The van der Waals surface area contributed by atoms with Crippen molar-refractivity contribution in [2.24, 2.45) is 0 Å². The first-order chi connectivity index (χ1) is 5.74. The number of carbonyl (C=O) groups excluding carboxylic acids is 1. The number of hydrogen-bond donors (Lipinski definition) is 0. The minimum Gasteiger partial charge on any atom is -0.431 e. The molecule has 4 heteroatoms. The van der Waals surface area contributed by atoms with Crippen molar-refractivity contribution in [2.45, 2.75) is 39.2 Å². The monoisotopic (exact) mass is 194 g/mol. The van der Waals surface area contributed by atoms with E-state index in [9.17, 15) is 4.79 Å². The maximum absolute atomic E-state index is 10.8. The summed E-state index contributed by atoms with van der Waals surface area (Å²) in [7, 11) is 0. The Balaban J connectivity index is 3.61. The minimum atomic E-state index is -0.676. The van der Waals surface area contributed by atoms with Gasteiger partial charge in [0, 0.05) is 0 Å². The first kappa shape index (κ1) is 11.6. The van der Waals surface area contributed by atoms with Crippen molar-refractivity contribution in [3.63, 3.8) is 0 Å². The summed E-state index contributed by atoms with van der Waals surface area (Å²) >= 11 is 5.18. The van der Waals surface area contributed by atoms with Crippen LogP contribution >= 0.6 is 11.6 Å². The standard InChI is InChI=1S/C8H15ClO3/c1-3-5-7(4-2)12-8(10)11-6-9/h7H,3-6H2,1-2H3. The number of carbonyl (C=O) groups is 1. The van der Waals surface area contributed by atoms with E-state index in [4.69, 9.17) is 16.3 Å². The van der Waals surface area contributed by atoms with Gasteiger partial charge in [0.1, 0.15) is 6.10 Å². The van der Waals surface area contributed by atoms with E-state index in [0.717, 1.165) is 19.3 Å². The predicted octanol–water partition coefficient (Wildman–Crippen LogP) is 2.91. The summed E-state index contributed by atoms with van der Waals surface area (Å²) in [5.74, 6) is 0. The molecule has 1 unspecified atom stereocenters. The van der Waals surface area contributed by atoms with Crippen molar-refractivity contribution in [3.05, 3.63) is 0 Å². The van der Waals surface area contributed by atoms with Crippen LogP contribution < -0.4 is 0 Å². The quantitative estimate of drug-likeness (QED) is 0.499. The number of rotatable bonds is 5. The van der Waals surface area contributed by atoms with Gasteiger partial charge in [-0.3, -0.25) is 0 Å². The fourth-order valence-electron chi connectivity index (χ4n) is 0.883. The number of halogens is 1. The van der Waals surface area contributed by atoms with Gasteiger partial charge in [-0.1, -0.05) is 31.9 Å². The van der Waals surface area contributed by atoms with Crippen LogP contribution in [0.3, 0.4) is 0 Å². The molecule has 0 aromatic carbocycles. The molecule has 0 amide bonds. The Kier molecular flexibility index (Phi) is 6.96. The molecule has 0 aromatic heterocycles. The van der Waals surface area contributed by atoms with Gasteiger partial charge in [0.25, 0.3) is 0 Å². The van der Waals surface area contributed by atoms with Gasteiger partial charge in [0.15, 0.2) is 6.07 Å². The fourth-order valence-corrected chi connectivity index (χ4v) is 0.972. The lowest BCUT2D eigenvalue weighted by atomic mass is 10.2. The molecule has 0 saturated heterocycles. The summed E-state index contributed by atoms with van der Waals surface area (Å²) in [5.41, 5.74) is 0. The topological polar surface area (TPSA) is 35.5 Å².